The fraction of sp³-hybridized carbons (Fsp3) is 0.353. The van der Waals surface area contributed by atoms with Crippen LogP contribution in [0.3, 0.4) is 0 Å². The average molecular weight is 284 g/mol. The van der Waals surface area contributed by atoms with Crippen LogP contribution in [0.25, 0.3) is 0 Å². The third kappa shape index (κ3) is 3.16. The predicted molar refractivity (Wildman–Crippen MR) is 82.6 cm³/mol. The van der Waals surface area contributed by atoms with Crippen LogP contribution in [0, 0.1) is 0 Å². The van der Waals surface area contributed by atoms with E-state index in [-0.39, 0.29) is 5.43 Å². The number of ether oxygens (including phenoxy) is 1. The van der Waals surface area contributed by atoms with Gasteiger partial charge < -0.3 is 14.6 Å². The van der Waals surface area contributed by atoms with Gasteiger partial charge in [0.15, 0.2) is 5.75 Å². The number of nitrogens with one attached hydrogen (secondary N) is 1. The predicted octanol–water partition coefficient (Wildman–Crippen LogP) is 2.09. The molecule has 0 atom stereocenters. The molecular formula is C17H20N2O2. The zero-order valence-electron chi connectivity index (χ0n) is 12.3. The minimum Gasteiger partial charge on any atom is -0.483 e. The number of hydrogen-bond acceptors (Lipinski definition) is 3. The molecule has 4 nitrogen and oxygen atoms in total. The van der Waals surface area contributed by atoms with Gasteiger partial charge in [0.25, 0.3) is 0 Å². The third-order valence-electron chi connectivity index (χ3n) is 3.84. The van der Waals surface area contributed by atoms with Crippen molar-refractivity contribution in [1.82, 2.24) is 9.88 Å². The molecule has 3 rings (SSSR count). The van der Waals surface area contributed by atoms with E-state index in [1.807, 2.05) is 6.20 Å². The van der Waals surface area contributed by atoms with Gasteiger partial charge in [-0.25, -0.2) is 0 Å². The van der Waals surface area contributed by atoms with E-state index >= 15 is 0 Å². The molecule has 2 heterocycles. The second-order valence-electron chi connectivity index (χ2n) is 5.32. The van der Waals surface area contributed by atoms with Crippen molar-refractivity contribution in [2.75, 3.05) is 6.54 Å². The van der Waals surface area contributed by atoms with Gasteiger partial charge in [0.05, 0.1) is 6.20 Å². The van der Waals surface area contributed by atoms with E-state index in [9.17, 15) is 4.79 Å². The van der Waals surface area contributed by atoms with Crippen LogP contribution in [0.4, 0.5) is 0 Å². The summed E-state index contributed by atoms with van der Waals surface area (Å²) in [6.45, 7) is 5.10. The Morgan fingerprint density at radius 1 is 1.24 bits per heavy atom. The lowest BCUT2D eigenvalue weighted by Gasteiger charge is -2.20. The summed E-state index contributed by atoms with van der Waals surface area (Å²) in [4.78, 5) is 12.0. The quantitative estimate of drug-likeness (QED) is 0.935. The van der Waals surface area contributed by atoms with Gasteiger partial charge in [-0.2, -0.15) is 0 Å². The van der Waals surface area contributed by atoms with Crippen LogP contribution in [0.15, 0.2) is 41.3 Å². The Bertz CT molecular complexity index is 674. The van der Waals surface area contributed by atoms with Gasteiger partial charge in [0.1, 0.15) is 6.61 Å². The van der Waals surface area contributed by atoms with Gasteiger partial charge in [-0.15, -0.1) is 0 Å². The van der Waals surface area contributed by atoms with E-state index in [0.717, 1.165) is 37.3 Å². The summed E-state index contributed by atoms with van der Waals surface area (Å²) >= 11 is 0. The molecule has 4 heteroatoms. The first-order chi connectivity index (χ1) is 10.3. The summed E-state index contributed by atoms with van der Waals surface area (Å²) in [7, 11) is 0. The number of aryl methyl sites for hydroxylation is 1. The summed E-state index contributed by atoms with van der Waals surface area (Å²) in [5, 5.41) is 3.26. The van der Waals surface area contributed by atoms with Crippen molar-refractivity contribution in [2.24, 2.45) is 0 Å². The van der Waals surface area contributed by atoms with Crippen LogP contribution in [0.2, 0.25) is 0 Å². The Labute approximate surface area is 124 Å². The summed E-state index contributed by atoms with van der Waals surface area (Å²) in [6.07, 6.45) is 2.86. The molecule has 1 aromatic heterocycles. The number of hydrogen-bond donors (Lipinski definition) is 1. The summed E-state index contributed by atoms with van der Waals surface area (Å²) in [5.41, 5.74) is 3.36. The van der Waals surface area contributed by atoms with Crippen LogP contribution in [0.5, 0.6) is 5.75 Å². The average Bonchev–Trinajstić information content (AvgIpc) is 2.53. The monoisotopic (exact) mass is 284 g/mol. The zero-order valence-corrected chi connectivity index (χ0v) is 12.3. The molecule has 0 radical (unpaired) electrons. The number of benzene rings is 1. The molecule has 110 valence electrons. The molecule has 0 fully saturated rings. The van der Waals surface area contributed by atoms with E-state index in [4.69, 9.17) is 4.74 Å². The second-order valence-corrected chi connectivity index (χ2v) is 5.32. The van der Waals surface area contributed by atoms with E-state index in [1.165, 1.54) is 5.56 Å². The Hall–Kier alpha value is -2.07. The second kappa shape index (κ2) is 6.14. The number of fused-ring (bicyclic) bond motifs is 1. The molecule has 0 aliphatic carbocycles. The molecule has 0 saturated heterocycles. The van der Waals surface area contributed by atoms with Crippen molar-refractivity contribution in [3.05, 3.63) is 63.6 Å². The third-order valence-corrected chi connectivity index (χ3v) is 3.84. The van der Waals surface area contributed by atoms with Crippen LogP contribution >= 0.6 is 0 Å². The van der Waals surface area contributed by atoms with Gasteiger partial charge in [-0.3, -0.25) is 4.79 Å². The SMILES string of the molecule is CCc1ccc(COc2cn3c(cc2=O)CNCC3)cc1. The molecule has 0 saturated carbocycles. The Morgan fingerprint density at radius 3 is 2.76 bits per heavy atom. The first-order valence-corrected chi connectivity index (χ1v) is 7.41. The highest BCUT2D eigenvalue weighted by molar-refractivity contribution is 5.25. The number of rotatable bonds is 4. The van der Waals surface area contributed by atoms with Crippen molar-refractivity contribution < 1.29 is 4.74 Å². The van der Waals surface area contributed by atoms with Gasteiger partial charge in [-0.05, 0) is 17.5 Å². The topological polar surface area (TPSA) is 43.3 Å². The van der Waals surface area contributed by atoms with Gasteiger partial charge in [0, 0.05) is 31.4 Å². The van der Waals surface area contributed by atoms with E-state index < -0.39 is 0 Å². The number of nitrogens with zero attached hydrogens (tertiary/aromatic N) is 1. The Morgan fingerprint density at radius 2 is 2.00 bits per heavy atom. The van der Waals surface area contributed by atoms with Crippen LogP contribution in [0.1, 0.15) is 23.7 Å². The van der Waals surface area contributed by atoms with E-state index in [1.54, 1.807) is 6.07 Å². The van der Waals surface area contributed by atoms with E-state index in [2.05, 4.69) is 41.1 Å². The summed E-state index contributed by atoms with van der Waals surface area (Å²) in [6, 6.07) is 9.98. The lowest BCUT2D eigenvalue weighted by molar-refractivity contribution is 0.298. The minimum absolute atomic E-state index is 0.0462. The molecule has 1 aromatic carbocycles. The highest BCUT2D eigenvalue weighted by Gasteiger charge is 2.11. The van der Waals surface area contributed by atoms with Gasteiger partial charge >= 0.3 is 0 Å². The Kier molecular flexibility index (Phi) is 4.06. The van der Waals surface area contributed by atoms with Crippen LogP contribution in [-0.4, -0.2) is 11.1 Å². The molecule has 1 aliphatic rings. The minimum atomic E-state index is -0.0462. The molecular weight excluding hydrogens is 264 g/mol. The van der Waals surface area contributed by atoms with Crippen LogP contribution in [-0.2, 0) is 26.1 Å². The van der Waals surface area contributed by atoms with Gasteiger partial charge in [0.2, 0.25) is 5.43 Å². The van der Waals surface area contributed by atoms with Crippen molar-refractivity contribution in [1.29, 1.82) is 0 Å². The smallest absolute Gasteiger partial charge is 0.223 e. The highest BCUT2D eigenvalue weighted by Crippen LogP contribution is 2.12. The fourth-order valence-electron chi connectivity index (χ4n) is 2.51. The summed E-state index contributed by atoms with van der Waals surface area (Å²) in [5.74, 6) is 0.431. The molecule has 21 heavy (non-hydrogen) atoms. The van der Waals surface area contributed by atoms with Crippen molar-refractivity contribution in [3.63, 3.8) is 0 Å². The van der Waals surface area contributed by atoms with Crippen molar-refractivity contribution >= 4 is 0 Å². The van der Waals surface area contributed by atoms with Crippen molar-refractivity contribution in [2.45, 2.75) is 33.0 Å². The molecule has 1 N–H and O–H groups in total. The molecule has 1 aliphatic heterocycles. The lowest BCUT2D eigenvalue weighted by atomic mass is 10.1. The molecule has 0 bridgehead atoms. The van der Waals surface area contributed by atoms with Crippen LogP contribution < -0.4 is 15.5 Å². The van der Waals surface area contributed by atoms with Gasteiger partial charge in [-0.1, -0.05) is 31.2 Å². The molecule has 0 spiro atoms. The maximum atomic E-state index is 12.0. The molecule has 0 amide bonds. The zero-order chi connectivity index (χ0) is 14.7. The maximum Gasteiger partial charge on any atom is 0.223 e. The lowest BCUT2D eigenvalue weighted by Crippen LogP contribution is -2.30. The fourth-order valence-corrected chi connectivity index (χ4v) is 2.51. The maximum absolute atomic E-state index is 12.0. The Balaban J connectivity index is 1.73. The highest BCUT2D eigenvalue weighted by atomic mass is 16.5. The largest absolute Gasteiger partial charge is 0.483 e. The van der Waals surface area contributed by atoms with E-state index in [0.29, 0.717) is 12.4 Å². The first kappa shape index (κ1) is 13.9. The molecule has 2 aromatic rings. The standard InChI is InChI=1S/C17H20N2O2/c1-2-13-3-5-14(6-4-13)12-21-17-11-19-8-7-18-10-15(19)9-16(17)20/h3-6,9,11,18H,2,7-8,10,12H2,1H3. The normalized spacial score (nSPS) is 13.8. The summed E-state index contributed by atoms with van der Waals surface area (Å²) < 4.78 is 7.80. The number of pyridine rings is 1. The molecule has 0 unspecified atom stereocenters. The first-order valence-electron chi connectivity index (χ1n) is 7.41. The van der Waals surface area contributed by atoms with Crippen molar-refractivity contribution in [3.8, 4) is 5.75 Å². The number of aromatic nitrogens is 1.